The number of carbonyl (C=O) groups excluding carboxylic acids is 1. The predicted molar refractivity (Wildman–Crippen MR) is 67.7 cm³/mol. The molecule has 1 aromatic heterocycles. The lowest BCUT2D eigenvalue weighted by atomic mass is 10.0. The number of aromatic nitrogens is 2. The highest BCUT2D eigenvalue weighted by Crippen LogP contribution is 2.30. The van der Waals surface area contributed by atoms with Crippen LogP contribution in [0.2, 0.25) is 0 Å². The molecule has 0 atom stereocenters. The molecule has 0 aliphatic carbocycles. The Morgan fingerprint density at radius 1 is 1.42 bits per heavy atom. The normalized spacial score (nSPS) is 22.1. The highest BCUT2D eigenvalue weighted by Gasteiger charge is 2.42. The Hall–Kier alpha value is -1.40. The number of rotatable bonds is 1. The number of likely N-dealkylation sites (tertiary alicyclic amines) is 1. The minimum Gasteiger partial charge on any atom is -0.346 e. The summed E-state index contributed by atoms with van der Waals surface area (Å²) in [4.78, 5) is 14.4. The van der Waals surface area contributed by atoms with Crippen molar-refractivity contribution in [3.63, 3.8) is 0 Å². The van der Waals surface area contributed by atoms with E-state index < -0.39 is 5.79 Å². The highest BCUT2D eigenvalue weighted by molar-refractivity contribution is 5.95. The van der Waals surface area contributed by atoms with Crippen molar-refractivity contribution in [3.05, 3.63) is 17.5 Å². The van der Waals surface area contributed by atoms with Crippen LogP contribution < -0.4 is 0 Å². The average Bonchev–Trinajstić information content (AvgIpc) is 2.98. The SMILES string of the molecule is Cc1c(C(=O)N2CCCC3(C2)OCCO3)cnn1C. The summed E-state index contributed by atoms with van der Waals surface area (Å²) >= 11 is 0. The summed E-state index contributed by atoms with van der Waals surface area (Å²) in [7, 11) is 1.84. The second kappa shape index (κ2) is 4.61. The predicted octanol–water partition coefficient (Wildman–Crippen LogP) is 0.708. The van der Waals surface area contributed by atoms with E-state index in [1.165, 1.54) is 0 Å². The monoisotopic (exact) mass is 265 g/mol. The number of ether oxygens (including phenoxy) is 2. The third-order valence-electron chi connectivity index (χ3n) is 3.98. The molecular weight excluding hydrogens is 246 g/mol. The molecule has 19 heavy (non-hydrogen) atoms. The summed E-state index contributed by atoms with van der Waals surface area (Å²) in [5, 5.41) is 4.13. The summed E-state index contributed by atoms with van der Waals surface area (Å²) < 4.78 is 13.1. The van der Waals surface area contributed by atoms with Crippen LogP contribution in [0.4, 0.5) is 0 Å². The Bertz CT molecular complexity index is 491. The third kappa shape index (κ3) is 2.15. The summed E-state index contributed by atoms with van der Waals surface area (Å²) in [6, 6.07) is 0. The molecule has 104 valence electrons. The quantitative estimate of drug-likeness (QED) is 0.750. The highest BCUT2D eigenvalue weighted by atomic mass is 16.7. The summed E-state index contributed by atoms with van der Waals surface area (Å²) in [5.74, 6) is -0.548. The van der Waals surface area contributed by atoms with Crippen LogP contribution >= 0.6 is 0 Å². The molecule has 2 fully saturated rings. The molecule has 2 aliphatic heterocycles. The fourth-order valence-corrected chi connectivity index (χ4v) is 2.77. The second-order valence-electron chi connectivity index (χ2n) is 5.21. The van der Waals surface area contributed by atoms with E-state index >= 15 is 0 Å². The molecule has 1 aromatic rings. The van der Waals surface area contributed by atoms with Gasteiger partial charge >= 0.3 is 0 Å². The lowest BCUT2D eigenvalue weighted by molar-refractivity contribution is -0.183. The van der Waals surface area contributed by atoms with E-state index in [2.05, 4.69) is 5.10 Å². The molecule has 2 aliphatic rings. The molecule has 6 heteroatoms. The van der Waals surface area contributed by atoms with Crippen LogP contribution in [0, 0.1) is 6.92 Å². The Morgan fingerprint density at radius 2 is 2.16 bits per heavy atom. The molecule has 0 bridgehead atoms. The van der Waals surface area contributed by atoms with Crippen LogP contribution in [0.1, 0.15) is 28.9 Å². The van der Waals surface area contributed by atoms with Crippen LogP contribution in [0.25, 0.3) is 0 Å². The Labute approximate surface area is 112 Å². The molecule has 1 amide bonds. The zero-order valence-corrected chi connectivity index (χ0v) is 11.4. The van der Waals surface area contributed by atoms with Gasteiger partial charge in [-0.3, -0.25) is 9.48 Å². The number of nitrogens with zero attached hydrogens (tertiary/aromatic N) is 3. The molecule has 3 rings (SSSR count). The van der Waals surface area contributed by atoms with Crippen molar-refractivity contribution in [2.75, 3.05) is 26.3 Å². The number of hydrogen-bond acceptors (Lipinski definition) is 4. The van der Waals surface area contributed by atoms with E-state index in [0.717, 1.165) is 25.1 Å². The smallest absolute Gasteiger partial charge is 0.257 e. The van der Waals surface area contributed by atoms with E-state index in [1.54, 1.807) is 10.9 Å². The maximum absolute atomic E-state index is 12.5. The summed E-state index contributed by atoms with van der Waals surface area (Å²) in [5.41, 5.74) is 1.55. The second-order valence-corrected chi connectivity index (χ2v) is 5.21. The van der Waals surface area contributed by atoms with Gasteiger partial charge in [-0.1, -0.05) is 0 Å². The van der Waals surface area contributed by atoms with Gasteiger partial charge < -0.3 is 14.4 Å². The molecule has 0 saturated carbocycles. The van der Waals surface area contributed by atoms with Crippen LogP contribution in [0.15, 0.2) is 6.20 Å². The van der Waals surface area contributed by atoms with Gasteiger partial charge in [0.2, 0.25) is 0 Å². The Morgan fingerprint density at radius 3 is 2.79 bits per heavy atom. The molecule has 6 nitrogen and oxygen atoms in total. The first-order valence-electron chi connectivity index (χ1n) is 6.67. The van der Waals surface area contributed by atoms with Gasteiger partial charge in [0.05, 0.1) is 31.5 Å². The minimum atomic E-state index is -0.565. The Kier molecular flexibility index (Phi) is 3.06. The zero-order valence-electron chi connectivity index (χ0n) is 11.4. The standard InChI is InChI=1S/C13H19N3O3/c1-10-11(8-14-15(10)2)12(17)16-5-3-4-13(9-16)18-6-7-19-13/h8H,3-7,9H2,1-2H3. The molecule has 3 heterocycles. The Balaban J connectivity index is 1.78. The summed E-state index contributed by atoms with van der Waals surface area (Å²) in [6.45, 7) is 4.41. The lowest BCUT2D eigenvalue weighted by Crippen LogP contribution is -2.51. The van der Waals surface area contributed by atoms with Gasteiger partial charge in [-0.05, 0) is 13.3 Å². The van der Waals surface area contributed by atoms with Crippen molar-refractivity contribution in [2.24, 2.45) is 7.05 Å². The fraction of sp³-hybridized carbons (Fsp3) is 0.692. The number of hydrogen-bond donors (Lipinski definition) is 0. The van der Waals surface area contributed by atoms with Crippen molar-refractivity contribution < 1.29 is 14.3 Å². The zero-order chi connectivity index (χ0) is 13.5. The molecule has 0 radical (unpaired) electrons. The lowest BCUT2D eigenvalue weighted by Gasteiger charge is -2.38. The topological polar surface area (TPSA) is 56.6 Å². The summed E-state index contributed by atoms with van der Waals surface area (Å²) in [6.07, 6.45) is 3.41. The third-order valence-corrected chi connectivity index (χ3v) is 3.98. The first kappa shape index (κ1) is 12.6. The number of aryl methyl sites for hydroxylation is 1. The first-order chi connectivity index (χ1) is 9.11. The van der Waals surface area contributed by atoms with E-state index in [-0.39, 0.29) is 5.91 Å². The van der Waals surface area contributed by atoms with Crippen LogP contribution in [-0.4, -0.2) is 52.7 Å². The van der Waals surface area contributed by atoms with Gasteiger partial charge in [0, 0.05) is 25.7 Å². The van der Waals surface area contributed by atoms with Gasteiger partial charge in [0.1, 0.15) is 0 Å². The van der Waals surface area contributed by atoms with Crippen LogP contribution in [0.3, 0.4) is 0 Å². The molecular formula is C13H19N3O3. The fourth-order valence-electron chi connectivity index (χ4n) is 2.77. The largest absolute Gasteiger partial charge is 0.346 e. The van der Waals surface area contributed by atoms with E-state index in [0.29, 0.717) is 25.3 Å². The van der Waals surface area contributed by atoms with Gasteiger partial charge in [-0.2, -0.15) is 5.10 Å². The van der Waals surface area contributed by atoms with Gasteiger partial charge in [0.15, 0.2) is 5.79 Å². The van der Waals surface area contributed by atoms with Gasteiger partial charge in [-0.15, -0.1) is 0 Å². The van der Waals surface area contributed by atoms with E-state index in [4.69, 9.17) is 9.47 Å². The van der Waals surface area contributed by atoms with E-state index in [1.807, 2.05) is 18.9 Å². The molecule has 0 N–H and O–H groups in total. The van der Waals surface area contributed by atoms with Crippen molar-refractivity contribution >= 4 is 5.91 Å². The number of piperidine rings is 1. The maximum Gasteiger partial charge on any atom is 0.257 e. The van der Waals surface area contributed by atoms with Gasteiger partial charge in [-0.25, -0.2) is 0 Å². The van der Waals surface area contributed by atoms with Crippen LogP contribution in [0.5, 0.6) is 0 Å². The molecule has 1 spiro atoms. The van der Waals surface area contributed by atoms with Crippen molar-refractivity contribution in [1.82, 2.24) is 14.7 Å². The molecule has 2 saturated heterocycles. The molecule has 0 unspecified atom stereocenters. The van der Waals surface area contributed by atoms with Crippen LogP contribution in [-0.2, 0) is 16.5 Å². The maximum atomic E-state index is 12.5. The number of amides is 1. The number of carbonyl (C=O) groups is 1. The van der Waals surface area contributed by atoms with Gasteiger partial charge in [0.25, 0.3) is 5.91 Å². The van der Waals surface area contributed by atoms with Crippen molar-refractivity contribution in [1.29, 1.82) is 0 Å². The van der Waals surface area contributed by atoms with E-state index in [9.17, 15) is 4.79 Å². The van der Waals surface area contributed by atoms with Crippen molar-refractivity contribution in [3.8, 4) is 0 Å². The minimum absolute atomic E-state index is 0.0174. The first-order valence-corrected chi connectivity index (χ1v) is 6.67. The average molecular weight is 265 g/mol. The molecule has 0 aromatic carbocycles. The van der Waals surface area contributed by atoms with Crippen molar-refractivity contribution in [2.45, 2.75) is 25.6 Å².